The van der Waals surface area contributed by atoms with Crippen molar-refractivity contribution in [3.63, 3.8) is 0 Å². The first-order valence-corrected chi connectivity index (χ1v) is 7.56. The number of nitrogens with zero attached hydrogens (tertiary/aromatic N) is 1. The summed E-state index contributed by atoms with van der Waals surface area (Å²) in [5, 5.41) is 9.51. The first kappa shape index (κ1) is 15.4. The Morgan fingerprint density at radius 2 is 1.96 bits per heavy atom. The van der Waals surface area contributed by atoms with Crippen molar-refractivity contribution in [2.45, 2.75) is 6.54 Å². The fourth-order valence-corrected chi connectivity index (χ4v) is 2.79. The molecule has 0 atom stereocenters. The molecule has 3 aromatic rings. The summed E-state index contributed by atoms with van der Waals surface area (Å²) in [6.45, 7) is 0.125. The average molecular weight is 376 g/mol. The molecule has 0 unspecified atom stereocenters. The van der Waals surface area contributed by atoms with Gasteiger partial charge in [0.05, 0.1) is 12.1 Å². The number of carboxylic acid groups (broad SMARTS) is 1. The summed E-state index contributed by atoms with van der Waals surface area (Å²) in [5.74, 6) is -1.70. The molecule has 0 saturated heterocycles. The van der Waals surface area contributed by atoms with Gasteiger partial charge in [0, 0.05) is 21.6 Å². The Bertz CT molecular complexity index is 981. The Morgan fingerprint density at radius 1 is 1.22 bits per heavy atom. The van der Waals surface area contributed by atoms with Gasteiger partial charge < -0.3 is 9.67 Å². The summed E-state index contributed by atoms with van der Waals surface area (Å²) < 4.78 is 16.2. The Hall–Kier alpha value is -2.47. The van der Waals surface area contributed by atoms with E-state index in [4.69, 9.17) is 0 Å². The largest absolute Gasteiger partial charge is 0.477 e. The summed E-state index contributed by atoms with van der Waals surface area (Å²) in [6, 6.07) is 11.4. The Morgan fingerprint density at radius 3 is 2.65 bits per heavy atom. The number of rotatable bonds is 3. The fourth-order valence-electron chi connectivity index (χ4n) is 2.46. The van der Waals surface area contributed by atoms with Gasteiger partial charge in [0.1, 0.15) is 11.4 Å². The summed E-state index contributed by atoms with van der Waals surface area (Å²) in [4.78, 5) is 23.5. The lowest BCUT2D eigenvalue weighted by Gasteiger charge is -2.13. The van der Waals surface area contributed by atoms with Gasteiger partial charge in [-0.05, 0) is 24.3 Å². The number of fused-ring (bicyclic) bond motifs is 1. The van der Waals surface area contributed by atoms with Crippen LogP contribution in [0.25, 0.3) is 10.9 Å². The quantitative estimate of drug-likeness (QED) is 0.759. The van der Waals surface area contributed by atoms with Crippen LogP contribution in [0.1, 0.15) is 15.9 Å². The number of para-hydroxylation sites is 1. The number of benzene rings is 2. The van der Waals surface area contributed by atoms with Crippen molar-refractivity contribution in [2.24, 2.45) is 0 Å². The minimum absolute atomic E-state index is 0.125. The Kier molecular flexibility index (Phi) is 4.00. The molecule has 0 radical (unpaired) electrons. The molecule has 1 N–H and O–H groups in total. The average Bonchev–Trinajstić information content (AvgIpc) is 2.52. The van der Waals surface area contributed by atoms with E-state index in [0.717, 1.165) is 0 Å². The van der Waals surface area contributed by atoms with Gasteiger partial charge in [-0.3, -0.25) is 4.79 Å². The molecule has 0 saturated carbocycles. The molecule has 0 amide bonds. The fraction of sp³-hybridized carbons (Fsp3) is 0.0588. The molecule has 0 aliphatic carbocycles. The van der Waals surface area contributed by atoms with E-state index in [2.05, 4.69) is 15.9 Å². The number of halogens is 2. The van der Waals surface area contributed by atoms with Crippen LogP contribution in [-0.4, -0.2) is 15.6 Å². The third-order valence-corrected chi connectivity index (χ3v) is 4.07. The molecule has 4 nitrogen and oxygen atoms in total. The number of pyridine rings is 1. The van der Waals surface area contributed by atoms with E-state index < -0.39 is 17.2 Å². The summed E-state index contributed by atoms with van der Waals surface area (Å²) >= 11 is 3.20. The molecule has 1 aromatic heterocycles. The normalized spacial score (nSPS) is 10.9. The molecule has 6 heteroatoms. The van der Waals surface area contributed by atoms with E-state index in [1.807, 2.05) is 0 Å². The molecule has 0 aliphatic heterocycles. The Labute approximate surface area is 138 Å². The lowest BCUT2D eigenvalue weighted by molar-refractivity contribution is 0.0695. The van der Waals surface area contributed by atoms with Gasteiger partial charge in [-0.15, -0.1) is 0 Å². The van der Waals surface area contributed by atoms with Crippen LogP contribution in [0, 0.1) is 5.82 Å². The van der Waals surface area contributed by atoms with E-state index >= 15 is 0 Å². The second kappa shape index (κ2) is 5.96. The zero-order chi connectivity index (χ0) is 16.6. The third-order valence-electron chi connectivity index (χ3n) is 3.57. The van der Waals surface area contributed by atoms with Crippen LogP contribution in [-0.2, 0) is 6.54 Å². The van der Waals surface area contributed by atoms with Crippen LogP contribution in [0.4, 0.5) is 4.39 Å². The highest BCUT2D eigenvalue weighted by molar-refractivity contribution is 9.10. The molecular weight excluding hydrogens is 365 g/mol. The van der Waals surface area contributed by atoms with Crippen molar-refractivity contribution in [3.8, 4) is 0 Å². The van der Waals surface area contributed by atoms with Crippen molar-refractivity contribution >= 4 is 32.8 Å². The molecule has 0 spiro atoms. The second-order valence-corrected chi connectivity index (χ2v) is 5.97. The van der Waals surface area contributed by atoms with Crippen LogP contribution in [0.3, 0.4) is 0 Å². The minimum atomic E-state index is -1.30. The van der Waals surface area contributed by atoms with Crippen LogP contribution in [0.15, 0.2) is 57.9 Å². The van der Waals surface area contributed by atoms with Gasteiger partial charge in [-0.1, -0.05) is 34.1 Å². The summed E-state index contributed by atoms with van der Waals surface area (Å²) in [7, 11) is 0. The van der Waals surface area contributed by atoms with Crippen LogP contribution >= 0.6 is 15.9 Å². The van der Waals surface area contributed by atoms with E-state index in [0.29, 0.717) is 20.9 Å². The number of aromatic carboxylic acids is 1. The number of aromatic nitrogens is 1. The summed E-state index contributed by atoms with van der Waals surface area (Å²) in [6.07, 6.45) is 1.26. The molecule has 0 aliphatic rings. The molecule has 0 bridgehead atoms. The molecule has 2 aromatic carbocycles. The van der Waals surface area contributed by atoms with Gasteiger partial charge in [0.25, 0.3) is 0 Å². The van der Waals surface area contributed by atoms with Gasteiger partial charge in [0.2, 0.25) is 5.43 Å². The topological polar surface area (TPSA) is 59.3 Å². The maximum absolute atomic E-state index is 14.1. The second-order valence-electron chi connectivity index (χ2n) is 5.06. The monoisotopic (exact) mass is 375 g/mol. The van der Waals surface area contributed by atoms with Crippen LogP contribution in [0.2, 0.25) is 0 Å². The predicted octanol–water partition coefficient (Wildman–Crippen LogP) is 3.65. The van der Waals surface area contributed by atoms with Crippen molar-refractivity contribution in [3.05, 3.63) is 80.3 Å². The highest BCUT2D eigenvalue weighted by Crippen LogP contribution is 2.19. The lowest BCUT2D eigenvalue weighted by atomic mass is 10.1. The van der Waals surface area contributed by atoms with Gasteiger partial charge in [-0.25, -0.2) is 9.18 Å². The number of carboxylic acids is 1. The molecule has 116 valence electrons. The number of hydrogen-bond acceptors (Lipinski definition) is 2. The number of carbonyl (C=O) groups is 1. The van der Waals surface area contributed by atoms with Gasteiger partial charge in [-0.2, -0.15) is 0 Å². The smallest absolute Gasteiger partial charge is 0.341 e. The van der Waals surface area contributed by atoms with Crippen LogP contribution < -0.4 is 5.43 Å². The van der Waals surface area contributed by atoms with Crippen molar-refractivity contribution in [1.82, 2.24) is 4.57 Å². The maximum Gasteiger partial charge on any atom is 0.341 e. The van der Waals surface area contributed by atoms with Gasteiger partial charge in [0.15, 0.2) is 0 Å². The highest BCUT2D eigenvalue weighted by atomic mass is 79.9. The van der Waals surface area contributed by atoms with Crippen molar-refractivity contribution in [2.75, 3.05) is 0 Å². The molecule has 0 fully saturated rings. The number of hydrogen-bond donors (Lipinski definition) is 1. The van der Waals surface area contributed by atoms with E-state index in [1.54, 1.807) is 41.0 Å². The summed E-state index contributed by atoms with van der Waals surface area (Å²) in [5.41, 5.74) is 0.0880. The van der Waals surface area contributed by atoms with Crippen molar-refractivity contribution < 1.29 is 14.3 Å². The first-order valence-electron chi connectivity index (χ1n) is 6.77. The predicted molar refractivity (Wildman–Crippen MR) is 88.4 cm³/mol. The zero-order valence-corrected chi connectivity index (χ0v) is 13.4. The first-order chi connectivity index (χ1) is 11.0. The van der Waals surface area contributed by atoms with Crippen LogP contribution in [0.5, 0.6) is 0 Å². The highest BCUT2D eigenvalue weighted by Gasteiger charge is 2.15. The van der Waals surface area contributed by atoms with E-state index in [9.17, 15) is 19.1 Å². The molecule has 23 heavy (non-hydrogen) atoms. The standard InChI is InChI=1S/C17H11BrFNO3/c18-11-6-5-10(14(19)7-11)8-20-9-13(17(22)23)16(21)12-3-1-2-4-15(12)20/h1-7,9H,8H2,(H,22,23). The van der Waals surface area contributed by atoms with E-state index in [-0.39, 0.29) is 12.1 Å². The Balaban J connectivity index is 2.22. The lowest BCUT2D eigenvalue weighted by Crippen LogP contribution is -2.19. The zero-order valence-electron chi connectivity index (χ0n) is 11.8. The third kappa shape index (κ3) is 2.90. The maximum atomic E-state index is 14.1. The van der Waals surface area contributed by atoms with E-state index in [1.165, 1.54) is 12.3 Å². The molecule has 3 rings (SSSR count). The molecule has 1 heterocycles. The SMILES string of the molecule is O=C(O)c1cn(Cc2ccc(Br)cc2F)c2ccccc2c1=O. The minimum Gasteiger partial charge on any atom is -0.477 e. The van der Waals surface area contributed by atoms with Gasteiger partial charge >= 0.3 is 5.97 Å². The van der Waals surface area contributed by atoms with Crippen molar-refractivity contribution in [1.29, 1.82) is 0 Å². The molecular formula is C17H11BrFNO3.